The van der Waals surface area contributed by atoms with Crippen molar-refractivity contribution in [3.05, 3.63) is 142 Å². The van der Waals surface area contributed by atoms with Crippen LogP contribution in [0.2, 0.25) is 0 Å². The number of hydrogen-bond donors (Lipinski definition) is 0. The fourth-order valence-electron chi connectivity index (χ4n) is 5.28. The van der Waals surface area contributed by atoms with Crippen LogP contribution in [-0.2, 0) is 43.7 Å². The molecule has 2 heterocycles. The minimum atomic E-state index is -0.710. The predicted octanol–water partition coefficient (Wildman–Crippen LogP) is 7.89. The van der Waals surface area contributed by atoms with Crippen LogP contribution < -0.4 is 0 Å². The number of alkyl halides is 1. The molecule has 1 unspecified atom stereocenters. The van der Waals surface area contributed by atoms with E-state index in [2.05, 4.69) is 54.5 Å². The molecule has 276 valence electrons. The third kappa shape index (κ3) is 11.4. The number of carbonyl (C=O) groups is 6. The molecule has 0 saturated carbocycles. The number of hydrogen-bond acceptors (Lipinski definition) is 9. The van der Waals surface area contributed by atoms with E-state index < -0.39 is 11.9 Å². The Morgan fingerprint density at radius 3 is 1.57 bits per heavy atom. The van der Waals surface area contributed by atoms with Gasteiger partial charge in [0.05, 0.1) is 54.3 Å². The number of rotatable bonds is 8. The molecule has 4 amide bonds. The van der Waals surface area contributed by atoms with Crippen molar-refractivity contribution < 1.29 is 39.6 Å². The van der Waals surface area contributed by atoms with E-state index in [0.29, 0.717) is 28.7 Å². The summed E-state index contributed by atoms with van der Waals surface area (Å²) in [6.07, 6.45) is 1.19. The molecule has 6 rings (SSSR count). The number of amides is 4. The molecule has 0 saturated heterocycles. The van der Waals surface area contributed by atoms with Gasteiger partial charge in [0.25, 0.3) is 23.6 Å². The maximum atomic E-state index is 12.5. The van der Waals surface area contributed by atoms with Gasteiger partial charge in [0, 0.05) is 12.9 Å². The van der Waals surface area contributed by atoms with Gasteiger partial charge in [-0.3, -0.25) is 38.6 Å². The summed E-state index contributed by atoms with van der Waals surface area (Å²) in [4.78, 5) is 74.5. The summed E-state index contributed by atoms with van der Waals surface area (Å²) in [7, 11) is 2.68. The van der Waals surface area contributed by atoms with Crippen LogP contribution in [0, 0.1) is 6.90 Å². The highest BCUT2D eigenvalue weighted by Crippen LogP contribution is 2.27. The van der Waals surface area contributed by atoms with Crippen LogP contribution in [0.15, 0.2) is 97.1 Å². The molecule has 0 bridgehead atoms. The van der Waals surface area contributed by atoms with E-state index in [1.54, 1.807) is 48.5 Å². The molecular formula is C39H37BrIN2O8PS. The van der Waals surface area contributed by atoms with Crippen molar-refractivity contribution in [2.75, 3.05) is 26.2 Å². The molecule has 2 aliphatic heterocycles. The Hall–Kier alpha value is -4.17. The first-order chi connectivity index (χ1) is 26.0. The van der Waals surface area contributed by atoms with E-state index in [9.17, 15) is 28.8 Å². The van der Waals surface area contributed by atoms with Crippen molar-refractivity contribution in [1.29, 1.82) is 0 Å². The third-order valence-corrected chi connectivity index (χ3v) is 8.62. The molecule has 0 N–H and O–H groups in total. The Balaban J connectivity index is 0.000000228. The monoisotopic (exact) mass is 932 g/mol. The van der Waals surface area contributed by atoms with Crippen molar-refractivity contribution >= 4 is 90.3 Å². The second kappa shape index (κ2) is 21.5. The first kappa shape index (κ1) is 41.6. The molecule has 2 aliphatic rings. The van der Waals surface area contributed by atoms with Crippen LogP contribution in [0.5, 0.6) is 0 Å². The Labute approximate surface area is 338 Å². The molecule has 0 spiro atoms. The number of fused-ring (bicyclic) bond motifs is 2. The summed E-state index contributed by atoms with van der Waals surface area (Å²) in [6, 6.07) is 28.5. The Morgan fingerprint density at radius 2 is 1.19 bits per heavy atom. The molecule has 53 heavy (non-hydrogen) atoms. The van der Waals surface area contributed by atoms with Gasteiger partial charge in [0.1, 0.15) is 0 Å². The summed E-state index contributed by atoms with van der Waals surface area (Å²) in [5, 5.41) is 0. The standard InChI is InChI=1S/C20H19NO4.C10H12O2.C9H6BrNO2.IPS/c1-3-13-8-10-14(11-9-13)17(20(24)25-2)12-21-18(22)15-6-4-5-7-16(15)19(21)23;1-8-3-5-9(6-4-8)7-10(11)12-2;10-5-11-8(12)6-3-1-2-4-7(6)9(11)13;1-2-3/h4-11,17H,3,12H2,1-2H3;3-6H,7H2,1-2H3;1-4H,5H2;/i;1T;;. The van der Waals surface area contributed by atoms with Crippen molar-refractivity contribution in [3.63, 3.8) is 0 Å². The molecule has 0 radical (unpaired) electrons. The number of imide groups is 2. The number of esters is 2. The van der Waals surface area contributed by atoms with Gasteiger partial charge in [-0.1, -0.05) is 101 Å². The van der Waals surface area contributed by atoms with Crippen LogP contribution in [-0.4, -0.2) is 71.6 Å². The van der Waals surface area contributed by atoms with Crippen LogP contribution in [0.4, 0.5) is 0 Å². The Morgan fingerprint density at radius 1 is 0.755 bits per heavy atom. The Bertz CT molecular complexity index is 1910. The lowest BCUT2D eigenvalue weighted by atomic mass is 9.97. The normalized spacial score (nSPS) is 13.3. The highest BCUT2D eigenvalue weighted by molar-refractivity contribution is 14.2. The van der Waals surface area contributed by atoms with Gasteiger partial charge in [0.15, 0.2) is 0 Å². The van der Waals surface area contributed by atoms with Crippen LogP contribution in [0.1, 0.15) is 77.9 Å². The maximum Gasteiger partial charge on any atom is 0.314 e. The molecule has 14 heteroatoms. The zero-order chi connectivity index (χ0) is 39.8. The summed E-state index contributed by atoms with van der Waals surface area (Å²) >= 11 is 9.53. The highest BCUT2D eigenvalue weighted by Gasteiger charge is 2.38. The van der Waals surface area contributed by atoms with Gasteiger partial charge >= 0.3 is 11.9 Å². The van der Waals surface area contributed by atoms with Gasteiger partial charge < -0.3 is 9.47 Å². The van der Waals surface area contributed by atoms with Crippen molar-refractivity contribution in [2.45, 2.75) is 32.6 Å². The van der Waals surface area contributed by atoms with E-state index >= 15 is 0 Å². The predicted molar refractivity (Wildman–Crippen MR) is 218 cm³/mol. The molecule has 0 aliphatic carbocycles. The maximum absolute atomic E-state index is 12.5. The smallest absolute Gasteiger partial charge is 0.314 e. The number of halogens is 2. The highest BCUT2D eigenvalue weighted by atomic mass is 127. The average Bonchev–Trinajstić information content (AvgIpc) is 3.60. The fraction of sp³-hybridized carbons (Fsp3) is 0.231. The van der Waals surface area contributed by atoms with Crippen molar-refractivity contribution in [3.8, 4) is 0 Å². The number of carbonyl (C=O) groups excluding carboxylic acids is 6. The largest absolute Gasteiger partial charge is 0.469 e. The van der Waals surface area contributed by atoms with E-state index in [0.717, 1.165) is 38.6 Å². The van der Waals surface area contributed by atoms with Gasteiger partial charge in [-0.05, 0) is 88.1 Å². The van der Waals surface area contributed by atoms with E-state index in [1.807, 2.05) is 55.5 Å². The van der Waals surface area contributed by atoms with Crippen LogP contribution in [0.25, 0.3) is 0 Å². The number of methoxy groups -OCH3 is 2. The molecule has 4 aromatic carbocycles. The number of aryl methyl sites for hydroxylation is 2. The summed E-state index contributed by atoms with van der Waals surface area (Å²) in [5.74, 6) is -2.62. The number of nitrogens with zero attached hydrogens (tertiary/aromatic N) is 2. The Kier molecular flexibility index (Phi) is 16.9. The molecular weight excluding hydrogens is 894 g/mol. The lowest BCUT2D eigenvalue weighted by molar-refractivity contribution is -0.142. The zero-order valence-corrected chi connectivity index (χ0v) is 34.6. The van der Waals surface area contributed by atoms with Gasteiger partial charge in [-0.15, -0.1) is 0 Å². The molecule has 0 aromatic heterocycles. The SMILES string of the molecule is CCc1ccc(C(CN2C(=O)c3ccccc3C2=O)C(=O)OC)cc1.O=C1c2ccccc2C(=O)N1CBr.S=PI.[3H]Cc1ccc(CC(=O)OC)cc1. The second-order valence-corrected chi connectivity index (χ2v) is 15.9. The topological polar surface area (TPSA) is 127 Å². The fourth-order valence-corrected chi connectivity index (χ4v) is 5.73. The summed E-state index contributed by atoms with van der Waals surface area (Å²) < 4.78 is 16.5. The second-order valence-electron chi connectivity index (χ2n) is 11.3. The van der Waals surface area contributed by atoms with Crippen LogP contribution in [0.3, 0.4) is 0 Å². The van der Waals surface area contributed by atoms with Crippen LogP contribution >= 0.6 is 43.0 Å². The van der Waals surface area contributed by atoms with Crippen molar-refractivity contribution in [1.82, 2.24) is 9.80 Å². The molecule has 4 aromatic rings. The quantitative estimate of drug-likeness (QED) is 0.0433. The molecule has 0 fully saturated rings. The first-order valence-corrected chi connectivity index (χ1v) is 21.8. The van der Waals surface area contributed by atoms with Gasteiger partial charge in [-0.2, -0.15) is 0 Å². The van der Waals surface area contributed by atoms with E-state index in [1.165, 1.54) is 19.1 Å². The van der Waals surface area contributed by atoms with E-state index in [4.69, 9.17) is 6.11 Å². The lowest BCUT2D eigenvalue weighted by Crippen LogP contribution is -2.36. The lowest BCUT2D eigenvalue weighted by Gasteiger charge is -2.21. The summed E-state index contributed by atoms with van der Waals surface area (Å²) in [6.45, 7) is 2.29. The molecule has 1 atom stereocenters. The number of benzene rings is 4. The zero-order valence-electron chi connectivity index (χ0n) is 30.1. The third-order valence-electron chi connectivity index (χ3n) is 8.12. The average molecular weight is 934 g/mol. The number of ether oxygens (including phenoxy) is 2. The van der Waals surface area contributed by atoms with E-state index in [-0.39, 0.29) is 48.5 Å². The summed E-state index contributed by atoms with van der Waals surface area (Å²) in [5.41, 5.74) is 5.72. The van der Waals surface area contributed by atoms with Crippen molar-refractivity contribution in [2.24, 2.45) is 0 Å². The van der Waals surface area contributed by atoms with Gasteiger partial charge in [-0.25, -0.2) is 0 Å². The van der Waals surface area contributed by atoms with Gasteiger partial charge in [0.2, 0.25) is 0 Å². The minimum Gasteiger partial charge on any atom is -0.469 e. The minimum absolute atomic E-state index is 0.0372. The first-order valence-electron chi connectivity index (χ1n) is 16.7. The molecule has 10 nitrogen and oxygen atoms in total.